The van der Waals surface area contributed by atoms with Crippen LogP contribution in [0.1, 0.15) is 56.6 Å². The quantitative estimate of drug-likeness (QED) is 0.389. The summed E-state index contributed by atoms with van der Waals surface area (Å²) >= 11 is 0. The van der Waals surface area contributed by atoms with Gasteiger partial charge in [-0.3, -0.25) is 9.59 Å². The van der Waals surface area contributed by atoms with Gasteiger partial charge < -0.3 is 20.1 Å². The second-order valence-electron chi connectivity index (χ2n) is 9.66. The van der Waals surface area contributed by atoms with Crippen LogP contribution in [0, 0.1) is 11.7 Å². The first-order valence-electron chi connectivity index (χ1n) is 13.1. The van der Waals surface area contributed by atoms with Crippen molar-refractivity contribution >= 4 is 17.8 Å². The maximum absolute atomic E-state index is 13.0. The topological polar surface area (TPSA) is 95.9 Å². The van der Waals surface area contributed by atoms with E-state index in [1.165, 1.54) is 12.1 Å². The van der Waals surface area contributed by atoms with E-state index in [1.54, 1.807) is 12.1 Å². The van der Waals surface area contributed by atoms with Gasteiger partial charge in [-0.1, -0.05) is 37.6 Å². The number of rotatable bonds is 13. The Morgan fingerprint density at radius 2 is 1.70 bits per heavy atom. The van der Waals surface area contributed by atoms with E-state index in [2.05, 4.69) is 12.2 Å². The molecule has 0 radical (unpaired) electrons. The van der Waals surface area contributed by atoms with Crippen LogP contribution >= 0.6 is 0 Å². The fourth-order valence-corrected chi connectivity index (χ4v) is 4.45. The van der Waals surface area contributed by atoms with E-state index in [0.717, 1.165) is 29.7 Å². The Balaban J connectivity index is 1.40. The summed E-state index contributed by atoms with van der Waals surface area (Å²) in [5.74, 6) is -0.743. The molecular weight excluding hydrogens is 475 g/mol. The molecule has 0 aromatic heterocycles. The molecule has 1 fully saturated rings. The van der Waals surface area contributed by atoms with Crippen molar-refractivity contribution in [2.45, 2.75) is 64.3 Å². The van der Waals surface area contributed by atoms with Gasteiger partial charge in [0.2, 0.25) is 11.8 Å². The van der Waals surface area contributed by atoms with Gasteiger partial charge in [0.1, 0.15) is 17.6 Å². The largest absolute Gasteiger partial charge is 0.494 e. The SMILES string of the molecule is CCCCOc1ccc(C[C@H](NC(=O)CC2CCN(C(=O)CCc3ccc(F)cc3)CC2)C(=O)O)cc1. The van der Waals surface area contributed by atoms with Crippen molar-refractivity contribution in [3.05, 3.63) is 65.5 Å². The molecule has 2 aromatic rings. The predicted molar refractivity (Wildman–Crippen MR) is 139 cm³/mol. The molecule has 3 rings (SSSR count). The second kappa shape index (κ2) is 14.4. The lowest BCUT2D eigenvalue weighted by atomic mass is 9.92. The molecule has 8 heteroatoms. The number of carboxylic acid groups (broad SMARTS) is 1. The zero-order valence-electron chi connectivity index (χ0n) is 21.5. The van der Waals surface area contributed by atoms with Crippen molar-refractivity contribution in [2.75, 3.05) is 19.7 Å². The molecule has 1 saturated heterocycles. The molecule has 2 amide bonds. The van der Waals surface area contributed by atoms with Gasteiger partial charge >= 0.3 is 5.97 Å². The molecule has 0 bridgehead atoms. The fraction of sp³-hybridized carbons (Fsp3) is 0.483. The number of aliphatic carboxylic acids is 1. The molecule has 1 aliphatic rings. The molecule has 0 spiro atoms. The van der Waals surface area contributed by atoms with Crippen molar-refractivity contribution in [3.63, 3.8) is 0 Å². The lowest BCUT2D eigenvalue weighted by Gasteiger charge is -2.32. The average molecular weight is 513 g/mol. The highest BCUT2D eigenvalue weighted by molar-refractivity contribution is 5.84. The molecule has 1 aliphatic heterocycles. The Morgan fingerprint density at radius 3 is 2.32 bits per heavy atom. The summed E-state index contributed by atoms with van der Waals surface area (Å²) in [6.45, 7) is 3.90. The molecule has 37 heavy (non-hydrogen) atoms. The number of piperidine rings is 1. The molecule has 200 valence electrons. The number of carbonyl (C=O) groups excluding carboxylic acids is 2. The number of hydrogen-bond acceptors (Lipinski definition) is 4. The summed E-state index contributed by atoms with van der Waals surface area (Å²) in [5.41, 5.74) is 1.73. The number of carboxylic acids is 1. The number of halogens is 1. The summed E-state index contributed by atoms with van der Waals surface area (Å²) in [6.07, 6.45) is 4.79. The number of nitrogens with zero attached hydrogens (tertiary/aromatic N) is 1. The van der Waals surface area contributed by atoms with E-state index >= 15 is 0 Å². The number of aryl methyl sites for hydroxylation is 1. The first-order valence-corrected chi connectivity index (χ1v) is 13.1. The van der Waals surface area contributed by atoms with E-state index < -0.39 is 12.0 Å². The van der Waals surface area contributed by atoms with Crippen LogP contribution in [-0.4, -0.2) is 53.5 Å². The first kappa shape index (κ1) is 28.2. The van der Waals surface area contributed by atoms with Crippen LogP contribution in [0.2, 0.25) is 0 Å². The van der Waals surface area contributed by atoms with E-state index in [1.807, 2.05) is 29.2 Å². The maximum Gasteiger partial charge on any atom is 0.326 e. The van der Waals surface area contributed by atoms with Crippen molar-refractivity contribution in [2.24, 2.45) is 5.92 Å². The van der Waals surface area contributed by atoms with Crippen LogP contribution < -0.4 is 10.1 Å². The van der Waals surface area contributed by atoms with Crippen molar-refractivity contribution in [3.8, 4) is 5.75 Å². The van der Waals surface area contributed by atoms with Crippen LogP contribution in [0.15, 0.2) is 48.5 Å². The summed E-state index contributed by atoms with van der Waals surface area (Å²) < 4.78 is 18.7. The number of hydrogen-bond donors (Lipinski definition) is 2. The summed E-state index contributed by atoms with van der Waals surface area (Å²) in [7, 11) is 0. The smallest absolute Gasteiger partial charge is 0.326 e. The fourth-order valence-electron chi connectivity index (χ4n) is 4.45. The number of nitrogens with one attached hydrogen (secondary N) is 1. The molecule has 0 saturated carbocycles. The number of likely N-dealkylation sites (tertiary alicyclic amines) is 1. The number of benzene rings is 2. The van der Waals surface area contributed by atoms with Gasteiger partial charge in [0.25, 0.3) is 0 Å². The van der Waals surface area contributed by atoms with E-state index in [4.69, 9.17) is 4.74 Å². The Labute approximate surface area is 218 Å². The van der Waals surface area contributed by atoms with Crippen molar-refractivity contribution in [1.29, 1.82) is 0 Å². The Bertz CT molecular complexity index is 1020. The van der Waals surface area contributed by atoms with Gasteiger partial charge in [-0.15, -0.1) is 0 Å². The predicted octanol–water partition coefficient (Wildman–Crippen LogP) is 4.38. The van der Waals surface area contributed by atoms with Crippen LogP contribution in [0.3, 0.4) is 0 Å². The third kappa shape index (κ3) is 9.52. The van der Waals surface area contributed by atoms with Gasteiger partial charge in [-0.05, 0) is 67.0 Å². The molecule has 7 nitrogen and oxygen atoms in total. The highest BCUT2D eigenvalue weighted by atomic mass is 19.1. The van der Waals surface area contributed by atoms with Crippen LogP contribution in [0.25, 0.3) is 0 Å². The normalized spacial score (nSPS) is 14.7. The van der Waals surface area contributed by atoms with E-state index in [-0.39, 0.29) is 36.4 Å². The highest BCUT2D eigenvalue weighted by Gasteiger charge is 2.26. The minimum atomic E-state index is -1.07. The Morgan fingerprint density at radius 1 is 1.05 bits per heavy atom. The van der Waals surface area contributed by atoms with E-state index in [9.17, 15) is 23.9 Å². The van der Waals surface area contributed by atoms with Crippen LogP contribution in [0.4, 0.5) is 4.39 Å². The first-order chi connectivity index (χ1) is 17.8. The van der Waals surface area contributed by atoms with Crippen molar-refractivity contribution < 1.29 is 28.6 Å². The minimum absolute atomic E-state index is 0.0555. The van der Waals surface area contributed by atoms with E-state index in [0.29, 0.717) is 45.4 Å². The maximum atomic E-state index is 13.0. The Hall–Kier alpha value is -3.42. The van der Waals surface area contributed by atoms with Gasteiger partial charge in [0, 0.05) is 32.4 Å². The molecule has 0 aliphatic carbocycles. The monoisotopic (exact) mass is 512 g/mol. The van der Waals surface area contributed by atoms with Gasteiger partial charge in [0.05, 0.1) is 6.61 Å². The van der Waals surface area contributed by atoms with Gasteiger partial charge in [-0.2, -0.15) is 0 Å². The number of unbranched alkanes of at least 4 members (excludes halogenated alkanes) is 1. The summed E-state index contributed by atoms with van der Waals surface area (Å²) in [5, 5.41) is 12.3. The molecule has 1 heterocycles. The molecular formula is C29H37FN2O5. The lowest BCUT2D eigenvalue weighted by Crippen LogP contribution is -2.44. The molecule has 1 atom stereocenters. The zero-order valence-corrected chi connectivity index (χ0v) is 21.5. The second-order valence-corrected chi connectivity index (χ2v) is 9.66. The third-order valence-corrected chi connectivity index (χ3v) is 6.75. The minimum Gasteiger partial charge on any atom is -0.494 e. The summed E-state index contributed by atoms with van der Waals surface area (Å²) in [4.78, 5) is 38.7. The van der Waals surface area contributed by atoms with Crippen LogP contribution in [0.5, 0.6) is 5.75 Å². The van der Waals surface area contributed by atoms with Crippen LogP contribution in [-0.2, 0) is 27.2 Å². The standard InChI is InChI=1S/C29H37FN2O5/c1-2-3-18-37-25-11-6-22(7-12-25)19-26(29(35)36)31-27(33)20-23-14-16-32(17-15-23)28(34)13-8-21-4-9-24(30)10-5-21/h4-7,9-12,23,26H,2-3,8,13-20H2,1H3,(H,31,33)(H,35,36)/t26-/m0/s1. The molecule has 0 unspecified atom stereocenters. The number of ether oxygens (including phenoxy) is 1. The number of carbonyl (C=O) groups is 3. The average Bonchev–Trinajstić information content (AvgIpc) is 2.89. The van der Waals surface area contributed by atoms with Gasteiger partial charge in [-0.25, -0.2) is 9.18 Å². The number of amides is 2. The highest BCUT2D eigenvalue weighted by Crippen LogP contribution is 2.22. The third-order valence-electron chi connectivity index (χ3n) is 6.75. The Kier molecular flexibility index (Phi) is 10.9. The van der Waals surface area contributed by atoms with Gasteiger partial charge in [0.15, 0.2) is 0 Å². The van der Waals surface area contributed by atoms with Crippen molar-refractivity contribution in [1.82, 2.24) is 10.2 Å². The molecule has 2 aromatic carbocycles. The summed E-state index contributed by atoms with van der Waals surface area (Å²) in [6, 6.07) is 12.5. The lowest BCUT2D eigenvalue weighted by molar-refractivity contribution is -0.142. The zero-order chi connectivity index (χ0) is 26.6. The molecule has 2 N–H and O–H groups in total.